The zero-order valence-electron chi connectivity index (χ0n) is 18.5. The highest BCUT2D eigenvalue weighted by Gasteiger charge is 2.18. The van der Waals surface area contributed by atoms with Gasteiger partial charge in [0.05, 0.1) is 24.9 Å². The summed E-state index contributed by atoms with van der Waals surface area (Å²) in [5, 5.41) is 9.23. The van der Waals surface area contributed by atoms with E-state index in [0.29, 0.717) is 11.4 Å². The molecule has 11 heteroatoms. The van der Waals surface area contributed by atoms with Crippen molar-refractivity contribution >= 4 is 29.1 Å². The van der Waals surface area contributed by atoms with Crippen molar-refractivity contribution in [2.75, 3.05) is 17.7 Å². The number of benzene rings is 2. The first-order valence-electron chi connectivity index (χ1n) is 10.4. The summed E-state index contributed by atoms with van der Waals surface area (Å²) in [4.78, 5) is 33.1. The lowest BCUT2D eigenvalue weighted by atomic mass is 10.2. The SMILES string of the molecule is COc1ccccc1NC(=O)Cc1noc(COC(=O)c2cccnc2Nc2ccccc2F)n1. The number of hydrogen-bond donors (Lipinski definition) is 2. The van der Waals surface area contributed by atoms with E-state index in [9.17, 15) is 14.0 Å². The smallest absolute Gasteiger partial charge is 0.342 e. The average Bonchev–Trinajstić information content (AvgIpc) is 3.31. The highest BCUT2D eigenvalue weighted by molar-refractivity contribution is 5.95. The number of rotatable bonds is 9. The highest BCUT2D eigenvalue weighted by atomic mass is 19.1. The summed E-state index contributed by atoms with van der Waals surface area (Å²) in [5.74, 6) is -0.838. The number of methoxy groups -OCH3 is 1. The van der Waals surface area contributed by atoms with Crippen LogP contribution in [-0.2, 0) is 22.6 Å². The minimum Gasteiger partial charge on any atom is -0.495 e. The summed E-state index contributed by atoms with van der Waals surface area (Å²) < 4.78 is 29.5. The summed E-state index contributed by atoms with van der Waals surface area (Å²) in [5.41, 5.74) is 0.758. The fourth-order valence-electron chi connectivity index (χ4n) is 3.07. The van der Waals surface area contributed by atoms with E-state index in [0.717, 1.165) is 0 Å². The molecule has 0 aliphatic heterocycles. The quantitative estimate of drug-likeness (QED) is 0.345. The number of amides is 1. The van der Waals surface area contributed by atoms with Crippen LogP contribution >= 0.6 is 0 Å². The molecule has 2 aromatic heterocycles. The second-order valence-corrected chi connectivity index (χ2v) is 7.11. The maximum absolute atomic E-state index is 14.0. The largest absolute Gasteiger partial charge is 0.495 e. The Morgan fingerprint density at radius 2 is 1.80 bits per heavy atom. The van der Waals surface area contributed by atoms with Crippen molar-refractivity contribution in [3.63, 3.8) is 0 Å². The van der Waals surface area contributed by atoms with Crippen LogP contribution in [0, 0.1) is 5.82 Å². The summed E-state index contributed by atoms with van der Waals surface area (Å²) >= 11 is 0. The number of hydrogen-bond acceptors (Lipinski definition) is 9. The monoisotopic (exact) mass is 477 g/mol. The van der Waals surface area contributed by atoms with Gasteiger partial charge in [-0.1, -0.05) is 29.4 Å². The van der Waals surface area contributed by atoms with E-state index < -0.39 is 11.8 Å². The molecule has 10 nitrogen and oxygen atoms in total. The summed E-state index contributed by atoms with van der Waals surface area (Å²) in [6.07, 6.45) is 1.30. The number of ether oxygens (including phenoxy) is 2. The number of halogens is 1. The highest BCUT2D eigenvalue weighted by Crippen LogP contribution is 2.23. The van der Waals surface area contributed by atoms with Crippen molar-refractivity contribution in [2.45, 2.75) is 13.0 Å². The third kappa shape index (κ3) is 5.96. The Morgan fingerprint density at radius 3 is 2.60 bits per heavy atom. The first kappa shape index (κ1) is 23.4. The van der Waals surface area contributed by atoms with Crippen molar-refractivity contribution in [2.24, 2.45) is 0 Å². The third-order valence-electron chi connectivity index (χ3n) is 4.69. The number of carbonyl (C=O) groups excluding carboxylic acids is 2. The Bertz CT molecular complexity index is 1340. The minimum atomic E-state index is -0.731. The number of aromatic nitrogens is 3. The van der Waals surface area contributed by atoms with Crippen molar-refractivity contribution in [1.29, 1.82) is 0 Å². The first-order chi connectivity index (χ1) is 17.0. The summed E-state index contributed by atoms with van der Waals surface area (Å²) in [7, 11) is 1.50. The van der Waals surface area contributed by atoms with Crippen LogP contribution in [0.4, 0.5) is 21.6 Å². The number of anilines is 3. The Labute approximate surface area is 199 Å². The molecule has 0 fully saturated rings. The van der Waals surface area contributed by atoms with Gasteiger partial charge in [0.1, 0.15) is 22.9 Å². The van der Waals surface area contributed by atoms with Gasteiger partial charge in [-0.05, 0) is 36.4 Å². The van der Waals surface area contributed by atoms with Crippen LogP contribution in [0.3, 0.4) is 0 Å². The van der Waals surface area contributed by atoms with E-state index >= 15 is 0 Å². The molecule has 2 N–H and O–H groups in total. The van der Waals surface area contributed by atoms with E-state index in [-0.39, 0.29) is 47.7 Å². The lowest BCUT2D eigenvalue weighted by Gasteiger charge is -2.10. The molecule has 0 aliphatic carbocycles. The van der Waals surface area contributed by atoms with Gasteiger partial charge in [0, 0.05) is 6.20 Å². The average molecular weight is 477 g/mol. The van der Waals surface area contributed by atoms with E-state index in [1.807, 2.05) is 0 Å². The maximum atomic E-state index is 14.0. The Hall–Kier alpha value is -4.80. The van der Waals surface area contributed by atoms with Gasteiger partial charge in [-0.3, -0.25) is 4.79 Å². The van der Waals surface area contributed by atoms with Crippen LogP contribution in [0.1, 0.15) is 22.1 Å². The molecule has 0 radical (unpaired) electrons. The fourth-order valence-corrected chi connectivity index (χ4v) is 3.07. The zero-order chi connectivity index (χ0) is 24.6. The molecule has 2 aromatic carbocycles. The van der Waals surface area contributed by atoms with Gasteiger partial charge in [0.2, 0.25) is 5.91 Å². The predicted octanol–water partition coefficient (Wildman–Crippen LogP) is 3.89. The van der Waals surface area contributed by atoms with Crippen LogP contribution in [0.5, 0.6) is 5.75 Å². The predicted molar refractivity (Wildman–Crippen MR) is 123 cm³/mol. The Morgan fingerprint density at radius 1 is 1.03 bits per heavy atom. The van der Waals surface area contributed by atoms with E-state index in [1.54, 1.807) is 42.5 Å². The lowest BCUT2D eigenvalue weighted by molar-refractivity contribution is -0.115. The number of esters is 1. The Kier molecular flexibility index (Phi) is 7.26. The summed E-state index contributed by atoms with van der Waals surface area (Å²) in [6.45, 7) is -0.325. The molecule has 0 saturated carbocycles. The van der Waals surface area contributed by atoms with Crippen molar-refractivity contribution in [3.05, 3.63) is 90.0 Å². The number of para-hydroxylation sites is 3. The zero-order valence-corrected chi connectivity index (χ0v) is 18.5. The number of pyridine rings is 1. The molecular formula is C24H20FN5O5. The molecule has 35 heavy (non-hydrogen) atoms. The van der Waals surface area contributed by atoms with Crippen molar-refractivity contribution in [1.82, 2.24) is 15.1 Å². The normalized spacial score (nSPS) is 10.5. The first-order valence-corrected chi connectivity index (χ1v) is 10.4. The molecule has 1 amide bonds. The molecule has 178 valence electrons. The fraction of sp³-hybridized carbons (Fsp3) is 0.125. The van der Waals surface area contributed by atoms with Crippen LogP contribution in [0.15, 0.2) is 71.4 Å². The second-order valence-electron chi connectivity index (χ2n) is 7.11. The molecule has 2 heterocycles. The number of nitrogens with one attached hydrogen (secondary N) is 2. The van der Waals surface area contributed by atoms with Crippen LogP contribution in [0.2, 0.25) is 0 Å². The van der Waals surface area contributed by atoms with E-state index in [2.05, 4.69) is 25.8 Å². The van der Waals surface area contributed by atoms with Gasteiger partial charge in [-0.2, -0.15) is 4.98 Å². The maximum Gasteiger partial charge on any atom is 0.342 e. The third-order valence-corrected chi connectivity index (χ3v) is 4.69. The van der Waals surface area contributed by atoms with Gasteiger partial charge in [0.15, 0.2) is 12.4 Å². The molecule has 4 rings (SSSR count). The minimum absolute atomic E-state index is 0.00550. The van der Waals surface area contributed by atoms with Gasteiger partial charge in [0.25, 0.3) is 5.89 Å². The van der Waals surface area contributed by atoms with Crippen molar-refractivity contribution < 1.29 is 28.0 Å². The van der Waals surface area contributed by atoms with Crippen LogP contribution < -0.4 is 15.4 Å². The molecule has 0 unspecified atom stereocenters. The second kappa shape index (κ2) is 10.9. The van der Waals surface area contributed by atoms with E-state index in [4.69, 9.17) is 14.0 Å². The molecule has 0 aliphatic rings. The molecule has 0 spiro atoms. The van der Waals surface area contributed by atoms with Crippen LogP contribution in [-0.4, -0.2) is 34.1 Å². The summed E-state index contributed by atoms with van der Waals surface area (Å²) in [6, 6.07) is 16.0. The molecule has 4 aromatic rings. The standard InChI is InChI=1S/C24H20FN5O5/c1-33-19-11-5-4-10-18(19)27-21(31)13-20-29-22(35-30-20)14-34-24(32)15-7-6-12-26-23(15)28-17-9-3-2-8-16(17)25/h2-12H,13-14H2,1H3,(H,26,28)(H,27,31). The molecule has 0 atom stereocenters. The Balaban J connectivity index is 1.35. The number of carbonyl (C=O) groups is 2. The van der Waals surface area contributed by atoms with Gasteiger partial charge in [-0.15, -0.1) is 0 Å². The molecular weight excluding hydrogens is 457 g/mol. The van der Waals surface area contributed by atoms with E-state index in [1.165, 1.54) is 31.5 Å². The van der Waals surface area contributed by atoms with Gasteiger partial charge < -0.3 is 24.6 Å². The molecule has 0 bridgehead atoms. The number of nitrogens with zero attached hydrogens (tertiary/aromatic N) is 3. The van der Waals surface area contributed by atoms with Gasteiger partial charge in [-0.25, -0.2) is 14.2 Å². The van der Waals surface area contributed by atoms with Crippen LogP contribution in [0.25, 0.3) is 0 Å². The van der Waals surface area contributed by atoms with Crippen molar-refractivity contribution in [3.8, 4) is 5.75 Å². The van der Waals surface area contributed by atoms with Gasteiger partial charge >= 0.3 is 5.97 Å². The lowest BCUT2D eigenvalue weighted by Crippen LogP contribution is -2.15. The topological polar surface area (TPSA) is 128 Å². The molecule has 0 saturated heterocycles.